The molecule has 0 aliphatic heterocycles. The third kappa shape index (κ3) is 2.90. The van der Waals surface area contributed by atoms with Gasteiger partial charge < -0.3 is 10.5 Å². The molecule has 0 amide bonds. The van der Waals surface area contributed by atoms with Crippen molar-refractivity contribution in [2.45, 2.75) is 6.92 Å². The molecular formula is C12H10BrClN2O. The van der Waals surface area contributed by atoms with E-state index in [1.54, 1.807) is 6.07 Å². The fraction of sp³-hybridized carbons (Fsp3) is 0.0833. The van der Waals surface area contributed by atoms with Crippen LogP contribution >= 0.6 is 27.5 Å². The number of ether oxygens (including phenoxy) is 1. The average Bonchev–Trinajstić information content (AvgIpc) is 2.27. The number of pyridine rings is 1. The predicted molar refractivity (Wildman–Crippen MR) is 72.6 cm³/mol. The summed E-state index contributed by atoms with van der Waals surface area (Å²) in [5.74, 6) is 1.06. The number of hydrogen-bond donors (Lipinski definition) is 1. The van der Waals surface area contributed by atoms with Crippen LogP contribution in [0.15, 0.2) is 34.9 Å². The Morgan fingerprint density at radius 1 is 1.35 bits per heavy atom. The highest BCUT2D eigenvalue weighted by atomic mass is 79.9. The Kier molecular flexibility index (Phi) is 3.54. The van der Waals surface area contributed by atoms with Crippen LogP contribution in [0.25, 0.3) is 0 Å². The number of nitrogens with two attached hydrogens (primary N) is 1. The third-order valence-electron chi connectivity index (χ3n) is 2.19. The number of nitrogen functional groups attached to an aromatic ring is 1. The monoisotopic (exact) mass is 312 g/mol. The highest BCUT2D eigenvalue weighted by Crippen LogP contribution is 2.31. The van der Waals surface area contributed by atoms with Crippen LogP contribution in [-0.2, 0) is 0 Å². The van der Waals surface area contributed by atoms with Gasteiger partial charge in [0.1, 0.15) is 10.8 Å². The van der Waals surface area contributed by atoms with E-state index in [1.165, 1.54) is 6.20 Å². The molecule has 3 nitrogen and oxygen atoms in total. The minimum Gasteiger partial charge on any atom is -0.437 e. The van der Waals surface area contributed by atoms with E-state index in [4.69, 9.17) is 22.1 Å². The number of anilines is 1. The first-order chi connectivity index (χ1) is 8.06. The summed E-state index contributed by atoms with van der Waals surface area (Å²) >= 11 is 9.38. The molecule has 0 bridgehead atoms. The largest absolute Gasteiger partial charge is 0.437 e. The minimum atomic E-state index is 0.349. The summed E-state index contributed by atoms with van der Waals surface area (Å²) in [5, 5.41) is 0.393. The average molecular weight is 314 g/mol. The standard InChI is InChI=1S/C12H10BrClN2O/c1-7-2-3-8(13)4-11(7)17-12-10(14)5-9(15)6-16-12/h2-6H,15H2,1H3. The molecule has 1 aromatic carbocycles. The molecule has 88 valence electrons. The zero-order chi connectivity index (χ0) is 12.4. The Balaban J connectivity index is 2.34. The van der Waals surface area contributed by atoms with Gasteiger partial charge in [0.2, 0.25) is 5.88 Å². The normalized spacial score (nSPS) is 10.3. The Morgan fingerprint density at radius 2 is 2.12 bits per heavy atom. The lowest BCUT2D eigenvalue weighted by atomic mass is 10.2. The minimum absolute atomic E-state index is 0.349. The maximum atomic E-state index is 5.99. The molecule has 0 spiro atoms. The lowest BCUT2D eigenvalue weighted by Crippen LogP contribution is -1.93. The van der Waals surface area contributed by atoms with Crippen molar-refractivity contribution in [1.29, 1.82) is 0 Å². The van der Waals surface area contributed by atoms with Crippen molar-refractivity contribution in [2.75, 3.05) is 5.73 Å². The molecule has 0 aliphatic carbocycles. The molecule has 0 atom stereocenters. The molecule has 0 aliphatic rings. The Labute approximate surface area is 113 Å². The first kappa shape index (κ1) is 12.2. The van der Waals surface area contributed by atoms with Gasteiger partial charge >= 0.3 is 0 Å². The maximum Gasteiger partial charge on any atom is 0.238 e. The van der Waals surface area contributed by atoms with E-state index >= 15 is 0 Å². The molecule has 0 saturated heterocycles. The van der Waals surface area contributed by atoms with E-state index in [0.717, 1.165) is 10.0 Å². The number of benzene rings is 1. The quantitative estimate of drug-likeness (QED) is 0.904. The van der Waals surface area contributed by atoms with Gasteiger partial charge in [-0.05, 0) is 30.7 Å². The van der Waals surface area contributed by atoms with Crippen LogP contribution in [0.1, 0.15) is 5.56 Å². The van der Waals surface area contributed by atoms with Crippen molar-refractivity contribution >= 4 is 33.2 Å². The molecule has 2 rings (SSSR count). The van der Waals surface area contributed by atoms with E-state index in [2.05, 4.69) is 20.9 Å². The zero-order valence-electron chi connectivity index (χ0n) is 9.08. The number of nitrogens with zero attached hydrogens (tertiary/aromatic N) is 1. The van der Waals surface area contributed by atoms with Crippen molar-refractivity contribution in [1.82, 2.24) is 4.98 Å². The summed E-state index contributed by atoms with van der Waals surface area (Å²) in [6.45, 7) is 1.95. The van der Waals surface area contributed by atoms with Crippen molar-refractivity contribution in [3.05, 3.63) is 45.5 Å². The maximum absolute atomic E-state index is 5.99. The second-order valence-electron chi connectivity index (χ2n) is 3.57. The van der Waals surface area contributed by atoms with Gasteiger partial charge in [-0.15, -0.1) is 0 Å². The van der Waals surface area contributed by atoms with Crippen LogP contribution in [-0.4, -0.2) is 4.98 Å². The zero-order valence-corrected chi connectivity index (χ0v) is 11.4. The van der Waals surface area contributed by atoms with E-state index in [1.807, 2.05) is 25.1 Å². The number of rotatable bonds is 2. The Hall–Kier alpha value is -1.26. The van der Waals surface area contributed by atoms with Crippen molar-refractivity contribution in [2.24, 2.45) is 0 Å². The molecule has 0 radical (unpaired) electrons. The van der Waals surface area contributed by atoms with E-state index < -0.39 is 0 Å². The van der Waals surface area contributed by atoms with Crippen LogP contribution in [0.4, 0.5) is 5.69 Å². The molecule has 1 heterocycles. The lowest BCUT2D eigenvalue weighted by Gasteiger charge is -2.09. The van der Waals surface area contributed by atoms with Crippen LogP contribution in [0, 0.1) is 6.92 Å². The van der Waals surface area contributed by atoms with Gasteiger partial charge in [-0.3, -0.25) is 0 Å². The lowest BCUT2D eigenvalue weighted by molar-refractivity contribution is 0.459. The van der Waals surface area contributed by atoms with Crippen LogP contribution in [0.2, 0.25) is 5.02 Å². The van der Waals surface area contributed by atoms with Crippen LogP contribution in [0.5, 0.6) is 11.6 Å². The van der Waals surface area contributed by atoms with Gasteiger partial charge in [0.05, 0.1) is 11.9 Å². The fourth-order valence-electron chi connectivity index (χ4n) is 1.30. The molecule has 0 fully saturated rings. The second kappa shape index (κ2) is 4.94. The highest BCUT2D eigenvalue weighted by molar-refractivity contribution is 9.10. The fourth-order valence-corrected chi connectivity index (χ4v) is 1.86. The topological polar surface area (TPSA) is 48.1 Å². The van der Waals surface area contributed by atoms with Crippen molar-refractivity contribution in [3.8, 4) is 11.6 Å². The third-order valence-corrected chi connectivity index (χ3v) is 2.95. The van der Waals surface area contributed by atoms with Crippen molar-refractivity contribution in [3.63, 3.8) is 0 Å². The van der Waals surface area contributed by atoms with Gasteiger partial charge in [-0.2, -0.15) is 0 Å². The summed E-state index contributed by atoms with van der Waals surface area (Å²) in [5.41, 5.74) is 7.08. The number of hydrogen-bond acceptors (Lipinski definition) is 3. The van der Waals surface area contributed by atoms with Gasteiger partial charge in [0.25, 0.3) is 0 Å². The smallest absolute Gasteiger partial charge is 0.238 e. The SMILES string of the molecule is Cc1ccc(Br)cc1Oc1ncc(N)cc1Cl. The predicted octanol–water partition coefficient (Wildman–Crippen LogP) is 4.18. The summed E-state index contributed by atoms with van der Waals surface area (Å²) in [6.07, 6.45) is 1.51. The van der Waals surface area contributed by atoms with Gasteiger partial charge in [-0.1, -0.05) is 33.6 Å². The first-order valence-electron chi connectivity index (χ1n) is 4.91. The van der Waals surface area contributed by atoms with Gasteiger partial charge in [0.15, 0.2) is 0 Å². The number of aryl methyl sites for hydroxylation is 1. The number of halogens is 2. The van der Waals surface area contributed by atoms with Crippen LogP contribution in [0.3, 0.4) is 0 Å². The van der Waals surface area contributed by atoms with E-state index in [-0.39, 0.29) is 0 Å². The molecule has 5 heteroatoms. The molecule has 2 N–H and O–H groups in total. The second-order valence-corrected chi connectivity index (χ2v) is 4.89. The van der Waals surface area contributed by atoms with E-state index in [9.17, 15) is 0 Å². The molecule has 2 aromatic rings. The summed E-state index contributed by atoms with van der Waals surface area (Å²) in [4.78, 5) is 4.05. The molecule has 17 heavy (non-hydrogen) atoms. The number of aromatic nitrogens is 1. The summed E-state index contributed by atoms with van der Waals surface area (Å²) in [7, 11) is 0. The van der Waals surface area contributed by atoms with E-state index in [0.29, 0.717) is 22.3 Å². The molecule has 0 unspecified atom stereocenters. The Bertz CT molecular complexity index is 560. The van der Waals surface area contributed by atoms with Gasteiger partial charge in [0, 0.05) is 4.47 Å². The molecular weight excluding hydrogens is 304 g/mol. The summed E-state index contributed by atoms with van der Waals surface area (Å²) in [6, 6.07) is 7.37. The van der Waals surface area contributed by atoms with Gasteiger partial charge in [-0.25, -0.2) is 4.98 Å². The van der Waals surface area contributed by atoms with Crippen LogP contribution < -0.4 is 10.5 Å². The Morgan fingerprint density at radius 3 is 2.82 bits per heavy atom. The first-order valence-corrected chi connectivity index (χ1v) is 6.08. The molecule has 1 aromatic heterocycles. The summed E-state index contributed by atoms with van der Waals surface area (Å²) < 4.78 is 6.58. The van der Waals surface area contributed by atoms with Crippen molar-refractivity contribution < 1.29 is 4.74 Å². The highest BCUT2D eigenvalue weighted by Gasteiger charge is 2.07. The molecule has 0 saturated carbocycles.